The topological polar surface area (TPSA) is 30.7 Å². The van der Waals surface area contributed by atoms with Crippen LogP contribution in [0.4, 0.5) is 0 Å². The molecule has 0 bridgehead atoms. The van der Waals surface area contributed by atoms with Gasteiger partial charge in [-0.1, -0.05) is 141 Å². The molecule has 10 aromatic rings. The highest BCUT2D eigenvalue weighted by Gasteiger charge is 2.21. The van der Waals surface area contributed by atoms with Gasteiger partial charge in [0.05, 0.1) is 22.4 Å². The molecule has 0 aliphatic rings. The molecule has 7 aromatic carbocycles. The van der Waals surface area contributed by atoms with E-state index in [1.54, 1.807) is 0 Å². The van der Waals surface area contributed by atoms with E-state index >= 15 is 0 Å². The van der Waals surface area contributed by atoms with E-state index in [0.29, 0.717) is 5.95 Å². The molecule has 0 amide bonds. The molecule has 0 fully saturated rings. The lowest BCUT2D eigenvalue weighted by Gasteiger charge is -2.14. The lowest BCUT2D eigenvalue weighted by atomic mass is 9.99. The van der Waals surface area contributed by atoms with Crippen molar-refractivity contribution in [3.63, 3.8) is 0 Å². The number of benzene rings is 7. The summed E-state index contributed by atoms with van der Waals surface area (Å²) in [5.74, 6) is 0.653. The highest BCUT2D eigenvalue weighted by molar-refractivity contribution is 7.25. The van der Waals surface area contributed by atoms with E-state index in [2.05, 4.69) is 156 Å². The Balaban J connectivity index is 0.00000165. The molecule has 0 saturated carbocycles. The van der Waals surface area contributed by atoms with Crippen molar-refractivity contribution < 1.29 is 0 Å². The zero-order valence-corrected chi connectivity index (χ0v) is 28.7. The van der Waals surface area contributed by atoms with Crippen molar-refractivity contribution in [2.24, 2.45) is 0 Å². The van der Waals surface area contributed by atoms with Crippen molar-refractivity contribution >= 4 is 64.1 Å². The van der Waals surface area contributed by atoms with Crippen LogP contribution in [0.15, 0.2) is 164 Å². The molecule has 238 valence electrons. The van der Waals surface area contributed by atoms with Gasteiger partial charge in [-0.15, -0.1) is 11.3 Å². The van der Waals surface area contributed by atoms with Crippen LogP contribution in [0.5, 0.6) is 0 Å². The second-order valence-corrected chi connectivity index (χ2v) is 13.3. The molecule has 0 saturated heterocycles. The third-order valence-corrected chi connectivity index (χ3v) is 10.5. The fourth-order valence-corrected chi connectivity index (χ4v) is 8.22. The predicted octanol–water partition coefficient (Wildman–Crippen LogP) is 13.1. The fraction of sp³-hybridized carbons (Fsp3) is 0.0435. The molecule has 0 aliphatic carbocycles. The lowest BCUT2D eigenvalue weighted by molar-refractivity contribution is 0.996. The molecule has 0 N–H and O–H groups in total. The second-order valence-electron chi connectivity index (χ2n) is 12.2. The van der Waals surface area contributed by atoms with Crippen LogP contribution in [0.3, 0.4) is 0 Å². The van der Waals surface area contributed by atoms with Crippen LogP contribution >= 0.6 is 11.3 Å². The summed E-state index contributed by atoms with van der Waals surface area (Å²) in [5.41, 5.74) is 8.40. The summed E-state index contributed by atoms with van der Waals surface area (Å²) in [6.45, 7) is 4.00. The molecular formula is C46H33N3S. The van der Waals surface area contributed by atoms with E-state index in [4.69, 9.17) is 9.97 Å². The first kappa shape index (κ1) is 30.0. The Bertz CT molecular complexity index is 2770. The molecule has 4 heteroatoms. The van der Waals surface area contributed by atoms with Gasteiger partial charge in [0.15, 0.2) is 0 Å². The third kappa shape index (κ3) is 4.96. The van der Waals surface area contributed by atoms with Crippen molar-refractivity contribution in [3.8, 4) is 39.6 Å². The van der Waals surface area contributed by atoms with Crippen LogP contribution in [0.25, 0.3) is 92.3 Å². The van der Waals surface area contributed by atoms with Crippen molar-refractivity contribution in [2.75, 3.05) is 0 Å². The Kier molecular flexibility index (Phi) is 7.45. The quantitative estimate of drug-likeness (QED) is 0.188. The monoisotopic (exact) mass is 659 g/mol. The molecule has 3 heterocycles. The van der Waals surface area contributed by atoms with E-state index < -0.39 is 0 Å². The van der Waals surface area contributed by atoms with Crippen LogP contribution in [0, 0.1) is 0 Å². The Hall–Kier alpha value is -6.10. The van der Waals surface area contributed by atoms with Crippen molar-refractivity contribution in [3.05, 3.63) is 164 Å². The lowest BCUT2D eigenvalue weighted by Crippen LogP contribution is -2.04. The molecular weight excluding hydrogens is 627 g/mol. The zero-order valence-electron chi connectivity index (χ0n) is 27.8. The Labute approximate surface area is 294 Å². The molecule has 0 radical (unpaired) electrons. The largest absolute Gasteiger partial charge is 0.277 e. The maximum absolute atomic E-state index is 5.32. The van der Waals surface area contributed by atoms with Gasteiger partial charge in [0.2, 0.25) is 5.95 Å². The van der Waals surface area contributed by atoms with Gasteiger partial charge in [-0.25, -0.2) is 9.97 Å². The van der Waals surface area contributed by atoms with Gasteiger partial charge in [0, 0.05) is 47.6 Å². The Morgan fingerprint density at radius 3 is 1.76 bits per heavy atom. The molecule has 3 nitrogen and oxygen atoms in total. The second kappa shape index (κ2) is 12.4. The van der Waals surface area contributed by atoms with Crippen LogP contribution in [-0.4, -0.2) is 14.5 Å². The van der Waals surface area contributed by atoms with Gasteiger partial charge in [0.1, 0.15) is 0 Å². The minimum absolute atomic E-state index is 0.653. The number of rotatable bonds is 4. The maximum Gasteiger partial charge on any atom is 0.235 e. The summed E-state index contributed by atoms with van der Waals surface area (Å²) in [7, 11) is 0. The smallest absolute Gasteiger partial charge is 0.235 e. The van der Waals surface area contributed by atoms with Gasteiger partial charge < -0.3 is 0 Å². The van der Waals surface area contributed by atoms with Crippen LogP contribution in [0.2, 0.25) is 0 Å². The minimum atomic E-state index is 0.653. The Morgan fingerprint density at radius 1 is 0.440 bits per heavy atom. The van der Waals surface area contributed by atoms with Crippen molar-refractivity contribution in [2.45, 2.75) is 13.8 Å². The van der Waals surface area contributed by atoms with Gasteiger partial charge in [-0.2, -0.15) is 0 Å². The number of hydrogen-bond donors (Lipinski definition) is 0. The third-order valence-electron chi connectivity index (χ3n) is 9.40. The standard InChI is InChI=1S/C44H27N3S.C2H6/c1-3-12-28(13-4-1)38-27-39(29-14-5-2-6-15-29)46-44(45-38)47-40-26-31-17-8-7-16-30(31)24-36(40)35-20-11-19-33(43(35)47)32-22-23-42-37(25-32)34-18-9-10-21-41(34)48-42;1-2/h1-27H;1-2H3. The van der Waals surface area contributed by atoms with Crippen molar-refractivity contribution in [1.29, 1.82) is 0 Å². The van der Waals surface area contributed by atoms with Crippen molar-refractivity contribution in [1.82, 2.24) is 14.5 Å². The molecule has 0 atom stereocenters. The highest BCUT2D eigenvalue weighted by atomic mass is 32.1. The van der Waals surface area contributed by atoms with Gasteiger partial charge in [-0.3, -0.25) is 4.57 Å². The number of hydrogen-bond acceptors (Lipinski definition) is 3. The summed E-state index contributed by atoms with van der Waals surface area (Å²) in [5, 5.41) is 7.34. The van der Waals surface area contributed by atoms with Crippen LogP contribution < -0.4 is 0 Å². The van der Waals surface area contributed by atoms with Gasteiger partial charge in [0.25, 0.3) is 0 Å². The average Bonchev–Trinajstić information content (AvgIpc) is 3.73. The SMILES string of the molecule is CC.c1ccc(-c2cc(-c3ccccc3)nc(-n3c4cc5ccccc5cc4c4cccc(-c5ccc6sc7ccccc7c6c5)c43)n2)cc1. The first-order valence-corrected chi connectivity index (χ1v) is 18.0. The van der Waals surface area contributed by atoms with Gasteiger partial charge >= 0.3 is 0 Å². The summed E-state index contributed by atoms with van der Waals surface area (Å²) >= 11 is 1.85. The summed E-state index contributed by atoms with van der Waals surface area (Å²) in [6, 6.07) is 58.4. The molecule has 50 heavy (non-hydrogen) atoms. The Morgan fingerprint density at radius 2 is 1.04 bits per heavy atom. The molecule has 3 aromatic heterocycles. The molecule has 0 aliphatic heterocycles. The molecule has 10 rings (SSSR count). The maximum atomic E-state index is 5.32. The number of fused-ring (bicyclic) bond motifs is 7. The number of nitrogens with zero attached hydrogens (tertiary/aromatic N) is 3. The fourth-order valence-electron chi connectivity index (χ4n) is 7.13. The summed E-state index contributed by atoms with van der Waals surface area (Å²) in [4.78, 5) is 10.6. The van der Waals surface area contributed by atoms with E-state index in [1.165, 1.54) is 47.3 Å². The predicted molar refractivity (Wildman–Crippen MR) is 214 cm³/mol. The summed E-state index contributed by atoms with van der Waals surface area (Å²) < 4.78 is 4.90. The van der Waals surface area contributed by atoms with E-state index in [1.807, 2.05) is 37.3 Å². The zero-order chi connectivity index (χ0) is 33.6. The molecule has 0 unspecified atom stereocenters. The van der Waals surface area contributed by atoms with Crippen LogP contribution in [-0.2, 0) is 0 Å². The number of aromatic nitrogens is 3. The van der Waals surface area contributed by atoms with E-state index in [9.17, 15) is 0 Å². The first-order valence-electron chi connectivity index (χ1n) is 17.2. The highest BCUT2D eigenvalue weighted by Crippen LogP contribution is 2.42. The molecule has 0 spiro atoms. The minimum Gasteiger partial charge on any atom is -0.277 e. The summed E-state index contributed by atoms with van der Waals surface area (Å²) in [6.07, 6.45) is 0. The van der Waals surface area contributed by atoms with E-state index in [-0.39, 0.29) is 0 Å². The average molecular weight is 660 g/mol. The van der Waals surface area contributed by atoms with E-state index in [0.717, 1.165) is 39.1 Å². The normalized spacial score (nSPS) is 11.4. The van der Waals surface area contributed by atoms with Crippen LogP contribution in [0.1, 0.15) is 13.8 Å². The van der Waals surface area contributed by atoms with Gasteiger partial charge in [-0.05, 0) is 52.7 Å². The number of para-hydroxylation sites is 1. The number of thiophene rings is 1. The first-order chi connectivity index (χ1) is 24.8.